The summed E-state index contributed by atoms with van der Waals surface area (Å²) < 4.78 is 17.7. The lowest BCUT2D eigenvalue weighted by molar-refractivity contribution is -0.148. The first-order valence-electron chi connectivity index (χ1n) is 9.57. The lowest BCUT2D eigenvalue weighted by atomic mass is 10.1. The van der Waals surface area contributed by atoms with Crippen LogP contribution in [-0.2, 0) is 20.7 Å². The minimum atomic E-state index is -0.583. The molecule has 3 rings (SSSR count). The van der Waals surface area contributed by atoms with E-state index >= 15 is 0 Å². The molecule has 0 fully saturated rings. The molecule has 0 radical (unpaired) electrons. The third-order valence-corrected chi connectivity index (χ3v) is 4.65. The summed E-state index contributed by atoms with van der Waals surface area (Å²) >= 11 is 0. The largest absolute Gasteiger partial charge is 0.456 e. The first-order valence-corrected chi connectivity index (χ1v) is 9.57. The van der Waals surface area contributed by atoms with E-state index in [1.165, 1.54) is 12.1 Å². The maximum atomic E-state index is 12.8. The monoisotopic (exact) mass is 412 g/mol. The van der Waals surface area contributed by atoms with Gasteiger partial charge in [-0.15, -0.1) is 0 Å². The number of carbonyl (C=O) groups is 4. The van der Waals surface area contributed by atoms with Gasteiger partial charge < -0.3 is 10.1 Å². The SMILES string of the molecule is O=C(COC(=O)CCCN1C(=O)c2ccccc2C1=O)NCCc1ccc(F)cc1. The first-order chi connectivity index (χ1) is 14.5. The van der Waals surface area contributed by atoms with Crippen LogP contribution in [0.1, 0.15) is 39.1 Å². The lowest BCUT2D eigenvalue weighted by Gasteiger charge is -2.13. The molecule has 0 aliphatic carbocycles. The minimum Gasteiger partial charge on any atom is -0.456 e. The molecule has 0 bridgehead atoms. The molecule has 0 saturated carbocycles. The summed E-state index contributed by atoms with van der Waals surface area (Å²) in [7, 11) is 0. The Bertz CT molecular complexity index is 923. The summed E-state index contributed by atoms with van der Waals surface area (Å²) in [5.41, 5.74) is 1.60. The van der Waals surface area contributed by atoms with E-state index < -0.39 is 18.5 Å². The standard InChI is InChI=1S/C22H21FN2O5/c23-16-9-7-15(8-10-16)11-12-24-19(26)14-30-20(27)6-3-13-25-21(28)17-4-1-2-5-18(17)22(25)29/h1-2,4-5,7-10H,3,6,11-14H2,(H,24,26). The predicted molar refractivity (Wildman–Crippen MR) is 105 cm³/mol. The zero-order valence-electron chi connectivity index (χ0n) is 16.2. The fraction of sp³-hybridized carbons (Fsp3) is 0.273. The second-order valence-corrected chi connectivity index (χ2v) is 6.80. The van der Waals surface area contributed by atoms with E-state index in [-0.39, 0.29) is 37.0 Å². The molecule has 1 aliphatic heterocycles. The van der Waals surface area contributed by atoms with E-state index in [4.69, 9.17) is 4.74 Å². The summed E-state index contributed by atoms with van der Waals surface area (Å²) in [4.78, 5) is 49.1. The van der Waals surface area contributed by atoms with E-state index in [1.54, 1.807) is 36.4 Å². The van der Waals surface area contributed by atoms with Gasteiger partial charge in [-0.05, 0) is 42.7 Å². The Morgan fingerprint density at radius 3 is 2.23 bits per heavy atom. The molecule has 0 aromatic heterocycles. The van der Waals surface area contributed by atoms with E-state index in [0.29, 0.717) is 24.1 Å². The van der Waals surface area contributed by atoms with Crippen LogP contribution >= 0.6 is 0 Å². The first kappa shape index (κ1) is 21.2. The average Bonchev–Trinajstić information content (AvgIpc) is 2.99. The van der Waals surface area contributed by atoms with Crippen LogP contribution in [0.3, 0.4) is 0 Å². The molecule has 0 saturated heterocycles. The highest BCUT2D eigenvalue weighted by Gasteiger charge is 2.34. The summed E-state index contributed by atoms with van der Waals surface area (Å²) in [6.07, 6.45) is 0.757. The van der Waals surface area contributed by atoms with Crippen molar-refractivity contribution >= 4 is 23.7 Å². The fourth-order valence-electron chi connectivity index (χ4n) is 3.09. The van der Waals surface area contributed by atoms with E-state index in [0.717, 1.165) is 10.5 Å². The molecule has 3 amide bonds. The maximum absolute atomic E-state index is 12.8. The Balaban J connectivity index is 1.31. The van der Waals surface area contributed by atoms with Gasteiger partial charge in [-0.2, -0.15) is 0 Å². The molecule has 1 N–H and O–H groups in total. The topological polar surface area (TPSA) is 92.8 Å². The number of fused-ring (bicyclic) bond motifs is 1. The number of hydrogen-bond acceptors (Lipinski definition) is 5. The molecule has 156 valence electrons. The van der Waals surface area contributed by atoms with Crippen LogP contribution in [0.5, 0.6) is 0 Å². The van der Waals surface area contributed by atoms with Gasteiger partial charge in [-0.25, -0.2) is 4.39 Å². The zero-order chi connectivity index (χ0) is 21.5. The Labute approximate surface area is 172 Å². The predicted octanol–water partition coefficient (Wildman–Crippen LogP) is 2.10. The van der Waals surface area contributed by atoms with Gasteiger partial charge >= 0.3 is 5.97 Å². The van der Waals surface area contributed by atoms with Crippen LogP contribution in [-0.4, -0.2) is 48.3 Å². The van der Waals surface area contributed by atoms with Crippen LogP contribution < -0.4 is 5.32 Å². The van der Waals surface area contributed by atoms with Gasteiger partial charge in [0.25, 0.3) is 17.7 Å². The number of imide groups is 1. The van der Waals surface area contributed by atoms with Gasteiger partial charge in [0.15, 0.2) is 6.61 Å². The molecule has 2 aromatic carbocycles. The summed E-state index contributed by atoms with van der Waals surface area (Å²) in [6, 6.07) is 12.5. The normalized spacial score (nSPS) is 12.6. The van der Waals surface area contributed by atoms with Gasteiger partial charge in [-0.3, -0.25) is 24.1 Å². The lowest BCUT2D eigenvalue weighted by Crippen LogP contribution is -2.32. The molecular formula is C22H21FN2O5. The number of rotatable bonds is 9. The molecule has 2 aromatic rings. The highest BCUT2D eigenvalue weighted by atomic mass is 19.1. The van der Waals surface area contributed by atoms with E-state index in [1.807, 2.05) is 0 Å². The number of halogens is 1. The van der Waals surface area contributed by atoms with Crippen molar-refractivity contribution in [3.05, 3.63) is 71.0 Å². The Morgan fingerprint density at radius 1 is 0.967 bits per heavy atom. The molecule has 7 nitrogen and oxygen atoms in total. The average molecular weight is 412 g/mol. The van der Waals surface area contributed by atoms with Crippen molar-refractivity contribution in [3.8, 4) is 0 Å². The Morgan fingerprint density at radius 2 is 1.60 bits per heavy atom. The van der Waals surface area contributed by atoms with Gasteiger partial charge in [0.1, 0.15) is 5.82 Å². The second-order valence-electron chi connectivity index (χ2n) is 6.80. The van der Waals surface area contributed by atoms with Gasteiger partial charge in [-0.1, -0.05) is 24.3 Å². The zero-order valence-corrected chi connectivity index (χ0v) is 16.2. The molecule has 30 heavy (non-hydrogen) atoms. The minimum absolute atomic E-state index is 0.0176. The molecule has 0 unspecified atom stereocenters. The van der Waals surface area contributed by atoms with Crippen molar-refractivity contribution in [2.45, 2.75) is 19.3 Å². The summed E-state index contributed by atoms with van der Waals surface area (Å²) in [5, 5.41) is 2.62. The molecule has 0 spiro atoms. The highest BCUT2D eigenvalue weighted by molar-refractivity contribution is 6.21. The highest BCUT2D eigenvalue weighted by Crippen LogP contribution is 2.22. The van der Waals surface area contributed by atoms with Crippen molar-refractivity contribution in [2.24, 2.45) is 0 Å². The maximum Gasteiger partial charge on any atom is 0.306 e. The number of hydrogen-bond donors (Lipinski definition) is 1. The van der Waals surface area contributed by atoms with Crippen LogP contribution in [0.4, 0.5) is 4.39 Å². The van der Waals surface area contributed by atoms with Crippen LogP contribution in [0, 0.1) is 5.82 Å². The molecule has 1 aliphatic rings. The molecule has 1 heterocycles. The van der Waals surface area contributed by atoms with Gasteiger partial charge in [0, 0.05) is 19.5 Å². The van der Waals surface area contributed by atoms with Crippen molar-refractivity contribution in [2.75, 3.05) is 19.7 Å². The smallest absolute Gasteiger partial charge is 0.306 e. The Kier molecular flexibility index (Phi) is 6.90. The number of esters is 1. The third kappa shape index (κ3) is 5.28. The number of nitrogens with one attached hydrogen (secondary N) is 1. The summed E-state index contributed by atoms with van der Waals surface area (Å²) in [6.45, 7) is 0.0301. The fourth-order valence-corrected chi connectivity index (χ4v) is 3.09. The van der Waals surface area contributed by atoms with Gasteiger partial charge in [0.2, 0.25) is 0 Å². The van der Waals surface area contributed by atoms with Gasteiger partial charge in [0.05, 0.1) is 11.1 Å². The van der Waals surface area contributed by atoms with Crippen molar-refractivity contribution in [1.82, 2.24) is 10.2 Å². The number of carbonyl (C=O) groups excluding carboxylic acids is 4. The van der Waals surface area contributed by atoms with E-state index in [9.17, 15) is 23.6 Å². The Hall–Kier alpha value is -3.55. The quantitative estimate of drug-likeness (QED) is 0.503. The van der Waals surface area contributed by atoms with Crippen molar-refractivity contribution in [1.29, 1.82) is 0 Å². The number of nitrogens with zero attached hydrogens (tertiary/aromatic N) is 1. The van der Waals surface area contributed by atoms with Crippen molar-refractivity contribution in [3.63, 3.8) is 0 Å². The van der Waals surface area contributed by atoms with Crippen LogP contribution in [0.2, 0.25) is 0 Å². The molecule has 0 atom stereocenters. The van der Waals surface area contributed by atoms with E-state index in [2.05, 4.69) is 5.32 Å². The van der Waals surface area contributed by atoms with Crippen molar-refractivity contribution < 1.29 is 28.3 Å². The molecule has 8 heteroatoms. The second kappa shape index (κ2) is 9.78. The number of ether oxygens (including phenoxy) is 1. The summed E-state index contributed by atoms with van der Waals surface area (Å²) in [5.74, 6) is -2.09. The van der Waals surface area contributed by atoms with Crippen LogP contribution in [0.25, 0.3) is 0 Å². The third-order valence-electron chi connectivity index (χ3n) is 4.65. The molecular weight excluding hydrogens is 391 g/mol. The number of benzene rings is 2. The van der Waals surface area contributed by atoms with Crippen LogP contribution in [0.15, 0.2) is 48.5 Å². The number of amides is 3.